The average Bonchev–Trinajstić information content (AvgIpc) is 3.21. The van der Waals surface area contributed by atoms with Crippen molar-refractivity contribution in [2.75, 3.05) is 19.8 Å². The van der Waals surface area contributed by atoms with Crippen molar-refractivity contribution in [3.8, 4) is 0 Å². The van der Waals surface area contributed by atoms with Crippen LogP contribution in [-0.4, -0.2) is 71.1 Å². The maximum Gasteiger partial charge on any atom is 0.472 e. The molecule has 0 aliphatic heterocycles. The summed E-state index contributed by atoms with van der Waals surface area (Å²) in [6, 6.07) is -1.55. The summed E-state index contributed by atoms with van der Waals surface area (Å²) in [5.74, 6) is -2.53. The van der Waals surface area contributed by atoms with Gasteiger partial charge < -0.3 is 30.3 Å². The number of unbranched alkanes of at least 4 members (excludes halogenated alkanes) is 7. The number of esters is 2. The molecule has 0 spiro atoms. The average molecular weight is 848 g/mol. The molecule has 13 heteroatoms. The minimum absolute atomic E-state index is 0.0776. The molecule has 0 heterocycles. The van der Waals surface area contributed by atoms with Crippen LogP contribution in [0.15, 0.2) is 97.2 Å². The summed E-state index contributed by atoms with van der Waals surface area (Å²) in [6.45, 7) is 2.40. The number of hydrogen-bond donors (Lipinski definition) is 4. The topological polar surface area (TPSA) is 192 Å². The Morgan fingerprint density at radius 3 is 1.69 bits per heavy atom. The largest absolute Gasteiger partial charge is 0.480 e. The summed E-state index contributed by atoms with van der Waals surface area (Å²) in [4.78, 5) is 46.0. The molecule has 0 saturated carbocycles. The fourth-order valence-electron chi connectivity index (χ4n) is 5.10. The van der Waals surface area contributed by atoms with Crippen LogP contribution in [0.3, 0.4) is 0 Å². The Morgan fingerprint density at radius 1 is 0.610 bits per heavy atom. The van der Waals surface area contributed by atoms with Crippen molar-refractivity contribution in [1.82, 2.24) is 0 Å². The zero-order valence-corrected chi connectivity index (χ0v) is 36.6. The maximum atomic E-state index is 12.6. The first kappa shape index (κ1) is 55.4. The van der Waals surface area contributed by atoms with Gasteiger partial charge in [-0.1, -0.05) is 143 Å². The summed E-state index contributed by atoms with van der Waals surface area (Å²) in [6.07, 6.45) is 46.4. The number of rotatable bonds is 38. The van der Waals surface area contributed by atoms with Crippen molar-refractivity contribution >= 4 is 25.7 Å². The van der Waals surface area contributed by atoms with Gasteiger partial charge in [-0.05, 0) is 77.0 Å². The molecule has 4 atom stereocenters. The fourth-order valence-corrected chi connectivity index (χ4v) is 5.87. The van der Waals surface area contributed by atoms with Gasteiger partial charge in [-0.2, -0.15) is 0 Å². The van der Waals surface area contributed by atoms with Gasteiger partial charge in [0.1, 0.15) is 12.6 Å². The summed E-state index contributed by atoms with van der Waals surface area (Å²) in [5.41, 5.74) is 5.32. The molecule has 0 aliphatic carbocycles. The zero-order valence-electron chi connectivity index (χ0n) is 35.7. The highest BCUT2D eigenvalue weighted by atomic mass is 31.2. The number of hydrogen-bond acceptors (Lipinski definition) is 10. The quantitative estimate of drug-likeness (QED) is 0.0151. The molecule has 0 radical (unpaired) electrons. The predicted molar refractivity (Wildman–Crippen MR) is 236 cm³/mol. The predicted octanol–water partition coefficient (Wildman–Crippen LogP) is 10.2. The lowest BCUT2D eigenvalue weighted by Gasteiger charge is -2.20. The van der Waals surface area contributed by atoms with Crippen molar-refractivity contribution in [3.05, 3.63) is 97.2 Å². The minimum Gasteiger partial charge on any atom is -0.480 e. The summed E-state index contributed by atoms with van der Waals surface area (Å²) >= 11 is 0. The number of carbonyl (C=O) groups excluding carboxylic acids is 2. The monoisotopic (exact) mass is 847 g/mol. The number of allylic oxidation sites excluding steroid dienone is 15. The molecule has 5 N–H and O–H groups in total. The van der Waals surface area contributed by atoms with Crippen molar-refractivity contribution < 1.29 is 52.6 Å². The van der Waals surface area contributed by atoms with Gasteiger partial charge in [-0.15, -0.1) is 0 Å². The molecule has 334 valence electrons. The third-order valence-electron chi connectivity index (χ3n) is 8.43. The molecule has 2 unspecified atom stereocenters. The summed E-state index contributed by atoms with van der Waals surface area (Å²) < 4.78 is 32.6. The van der Waals surface area contributed by atoms with Crippen LogP contribution in [0.5, 0.6) is 0 Å². The smallest absolute Gasteiger partial charge is 0.472 e. The Hall–Kier alpha value is -3.64. The SMILES string of the molecule is CC/C=C\C/C=C\C/C=C\C/C=C\C/C=C\CCCCCC(=O)OC[C@H](COP(=O)(O)OC[C@H](N)C(=O)O)OC(=O)CCCCCCCC(O)/C=C/C=C/C/C=C/CC. The van der Waals surface area contributed by atoms with E-state index in [-0.39, 0.29) is 12.8 Å². The molecule has 0 amide bonds. The van der Waals surface area contributed by atoms with E-state index in [9.17, 15) is 28.9 Å². The van der Waals surface area contributed by atoms with E-state index in [4.69, 9.17) is 24.8 Å². The Bertz CT molecular complexity index is 1380. The number of phosphoric acid groups is 1. The first-order chi connectivity index (χ1) is 28.5. The summed E-state index contributed by atoms with van der Waals surface area (Å²) in [5, 5.41) is 19.0. The number of aliphatic hydroxyl groups is 1. The molecule has 0 aromatic rings. The van der Waals surface area contributed by atoms with E-state index in [2.05, 4.69) is 91.3 Å². The van der Waals surface area contributed by atoms with E-state index < -0.39 is 63.8 Å². The lowest BCUT2D eigenvalue weighted by atomic mass is 10.1. The number of aliphatic hydroxyl groups excluding tert-OH is 1. The number of phosphoric ester groups is 1. The van der Waals surface area contributed by atoms with Gasteiger partial charge in [-0.3, -0.25) is 23.4 Å². The van der Waals surface area contributed by atoms with Crippen LogP contribution >= 0.6 is 7.82 Å². The normalized spacial score (nSPS) is 15.2. The van der Waals surface area contributed by atoms with Crippen LogP contribution in [0.2, 0.25) is 0 Å². The second-order valence-electron chi connectivity index (χ2n) is 13.9. The van der Waals surface area contributed by atoms with Crippen LogP contribution in [0.1, 0.15) is 136 Å². The van der Waals surface area contributed by atoms with Crippen LogP contribution in [-0.2, 0) is 37.5 Å². The highest BCUT2D eigenvalue weighted by molar-refractivity contribution is 7.47. The molecule has 0 aromatic heterocycles. The Balaban J connectivity index is 4.54. The first-order valence-electron chi connectivity index (χ1n) is 21.4. The van der Waals surface area contributed by atoms with E-state index in [0.717, 1.165) is 89.9 Å². The third kappa shape index (κ3) is 39.6. The van der Waals surface area contributed by atoms with Gasteiger partial charge in [0, 0.05) is 12.8 Å². The molecule has 0 saturated heterocycles. The number of ether oxygens (including phenoxy) is 2. The summed E-state index contributed by atoms with van der Waals surface area (Å²) in [7, 11) is -4.76. The van der Waals surface area contributed by atoms with E-state index >= 15 is 0 Å². The van der Waals surface area contributed by atoms with Gasteiger partial charge in [-0.25, -0.2) is 4.57 Å². The lowest BCUT2D eigenvalue weighted by molar-refractivity contribution is -0.161. The molecular weight excluding hydrogens is 773 g/mol. The first-order valence-corrected chi connectivity index (χ1v) is 22.9. The Labute approximate surface area is 354 Å². The maximum absolute atomic E-state index is 12.6. The number of carbonyl (C=O) groups is 3. The standard InChI is InChI=1S/C46H74NO11P/c1-3-5-7-9-11-12-13-14-15-16-17-18-19-20-21-22-24-28-32-36-44(49)55-38-42(39-56-59(53,54)57-40-43(47)46(51)52)58-45(50)37-33-29-25-27-31-35-41(48)34-30-26-23-10-8-6-4-2/h5-8,11-12,14-15,17-18,20-21,23,26,30,34,41-43,48H,3-4,9-10,13,16,19,22,24-25,27-29,31-33,35-40,47H2,1-2H3,(H,51,52)(H,53,54)/b7-5-,8-6+,12-11-,15-14-,18-17-,21-20-,26-23+,34-30+/t41?,42-,43+/m1/s1. The second kappa shape index (κ2) is 39.8. The Morgan fingerprint density at radius 2 is 1.10 bits per heavy atom. The van der Waals surface area contributed by atoms with Crippen molar-refractivity contribution in [2.45, 2.75) is 154 Å². The number of carboxylic acid groups (broad SMARTS) is 1. The van der Waals surface area contributed by atoms with E-state index in [1.165, 1.54) is 0 Å². The molecule has 59 heavy (non-hydrogen) atoms. The highest BCUT2D eigenvalue weighted by Crippen LogP contribution is 2.43. The number of nitrogens with two attached hydrogens (primary N) is 1. The fraction of sp³-hybridized carbons (Fsp3) is 0.587. The van der Waals surface area contributed by atoms with E-state index in [0.29, 0.717) is 19.3 Å². The third-order valence-corrected chi connectivity index (χ3v) is 9.38. The lowest BCUT2D eigenvalue weighted by Crippen LogP contribution is -2.34. The second-order valence-corrected chi connectivity index (χ2v) is 15.4. The molecule has 0 aliphatic rings. The molecule has 12 nitrogen and oxygen atoms in total. The molecule has 0 bridgehead atoms. The van der Waals surface area contributed by atoms with E-state index in [1.54, 1.807) is 6.08 Å². The van der Waals surface area contributed by atoms with Crippen molar-refractivity contribution in [1.29, 1.82) is 0 Å². The van der Waals surface area contributed by atoms with Crippen LogP contribution < -0.4 is 5.73 Å². The number of aliphatic carboxylic acids is 1. The molecule has 0 fully saturated rings. The van der Waals surface area contributed by atoms with Crippen LogP contribution in [0.4, 0.5) is 0 Å². The Kier molecular flexibility index (Phi) is 37.3. The van der Waals surface area contributed by atoms with E-state index in [1.807, 2.05) is 18.2 Å². The van der Waals surface area contributed by atoms with Gasteiger partial charge in [0.25, 0.3) is 0 Å². The van der Waals surface area contributed by atoms with Gasteiger partial charge in [0.15, 0.2) is 6.10 Å². The van der Waals surface area contributed by atoms with Gasteiger partial charge >= 0.3 is 25.7 Å². The zero-order chi connectivity index (χ0) is 43.7. The minimum atomic E-state index is -4.76. The van der Waals surface area contributed by atoms with Crippen molar-refractivity contribution in [2.24, 2.45) is 5.73 Å². The highest BCUT2D eigenvalue weighted by Gasteiger charge is 2.28. The number of carboxylic acids is 1. The molecule has 0 aromatic carbocycles. The molecular formula is C46H74NO11P. The van der Waals surface area contributed by atoms with Crippen molar-refractivity contribution in [3.63, 3.8) is 0 Å². The van der Waals surface area contributed by atoms with Crippen LogP contribution in [0, 0.1) is 0 Å². The van der Waals surface area contributed by atoms with Gasteiger partial charge in [0.05, 0.1) is 19.3 Å². The molecule has 0 rings (SSSR count). The van der Waals surface area contributed by atoms with Gasteiger partial charge in [0.2, 0.25) is 0 Å². The van der Waals surface area contributed by atoms with Crippen LogP contribution in [0.25, 0.3) is 0 Å².